The fourth-order valence-corrected chi connectivity index (χ4v) is 2.39. The second kappa shape index (κ2) is 7.28. The molecule has 108 valence electrons. The van der Waals surface area contributed by atoms with Gasteiger partial charge in [0.05, 0.1) is 6.04 Å². The van der Waals surface area contributed by atoms with Crippen molar-refractivity contribution >= 4 is 11.8 Å². The Morgan fingerprint density at radius 3 is 1.82 bits per heavy atom. The first-order valence-corrected chi connectivity index (χ1v) is 7.51. The third kappa shape index (κ3) is 3.86. The average Bonchev–Trinajstić information content (AvgIpc) is 2.61. The van der Waals surface area contributed by atoms with Crippen LogP contribution in [0.3, 0.4) is 0 Å². The molecule has 0 spiro atoms. The Morgan fingerprint density at radius 1 is 0.636 bits per heavy atom. The number of rotatable bonds is 5. The van der Waals surface area contributed by atoms with Gasteiger partial charge in [-0.15, -0.1) is 0 Å². The summed E-state index contributed by atoms with van der Waals surface area (Å²) in [6.07, 6.45) is 4.37. The Kier molecular flexibility index (Phi) is 4.68. The molecule has 0 aromatic heterocycles. The molecular formula is C21H19N. The molecule has 0 aliphatic heterocycles. The normalized spacial score (nSPS) is 12.2. The molecule has 1 nitrogen and oxygen atoms in total. The zero-order valence-corrected chi connectivity index (χ0v) is 12.4. The number of nitrogens with one attached hydrogen (secondary N) is 1. The van der Waals surface area contributed by atoms with Crippen molar-refractivity contribution in [3.05, 3.63) is 108 Å². The maximum atomic E-state index is 3.58. The number of para-hydroxylation sites is 1. The average molecular weight is 285 g/mol. The van der Waals surface area contributed by atoms with Gasteiger partial charge in [0.1, 0.15) is 0 Å². The van der Waals surface area contributed by atoms with Gasteiger partial charge in [0.15, 0.2) is 0 Å². The molecule has 0 saturated carbocycles. The van der Waals surface area contributed by atoms with Gasteiger partial charge < -0.3 is 5.32 Å². The summed E-state index contributed by atoms with van der Waals surface area (Å²) in [5.41, 5.74) is 3.57. The first kappa shape index (κ1) is 14.2. The lowest BCUT2D eigenvalue weighted by atomic mass is 10.0. The molecule has 1 atom stereocenters. The number of benzene rings is 3. The van der Waals surface area contributed by atoms with Crippen LogP contribution in [0.25, 0.3) is 6.08 Å². The molecule has 1 N–H and O–H groups in total. The smallest absolute Gasteiger partial charge is 0.0701 e. The van der Waals surface area contributed by atoms with Crippen LogP contribution in [0.4, 0.5) is 5.69 Å². The third-order valence-electron chi connectivity index (χ3n) is 3.54. The lowest BCUT2D eigenvalue weighted by molar-refractivity contribution is 0.990. The number of hydrogen-bond acceptors (Lipinski definition) is 1. The van der Waals surface area contributed by atoms with E-state index in [1.165, 1.54) is 11.1 Å². The topological polar surface area (TPSA) is 12.0 Å². The van der Waals surface area contributed by atoms with E-state index in [1.54, 1.807) is 0 Å². The molecule has 0 fully saturated rings. The highest BCUT2D eigenvalue weighted by molar-refractivity contribution is 5.54. The Bertz CT molecular complexity index is 703. The van der Waals surface area contributed by atoms with E-state index in [1.807, 2.05) is 30.3 Å². The standard InChI is InChI=1S/C21H19N/c1-4-10-18(11-5-1)16-17-21(19-12-6-2-7-13-19)22-20-14-8-3-9-15-20/h1-17,21-22H/b17-16+/t21-/m0/s1. The summed E-state index contributed by atoms with van der Waals surface area (Å²) in [4.78, 5) is 0. The quantitative estimate of drug-likeness (QED) is 0.647. The van der Waals surface area contributed by atoms with Crippen LogP contribution in [0.1, 0.15) is 17.2 Å². The Hall–Kier alpha value is -2.80. The maximum absolute atomic E-state index is 3.58. The lowest BCUT2D eigenvalue weighted by Gasteiger charge is -2.17. The van der Waals surface area contributed by atoms with Crippen molar-refractivity contribution in [2.75, 3.05) is 5.32 Å². The molecule has 3 aromatic carbocycles. The molecule has 0 radical (unpaired) electrons. The summed E-state index contributed by atoms with van der Waals surface area (Å²) in [6, 6.07) is 31.3. The molecule has 0 aliphatic carbocycles. The van der Waals surface area contributed by atoms with E-state index < -0.39 is 0 Å². The van der Waals surface area contributed by atoms with Gasteiger partial charge >= 0.3 is 0 Å². The highest BCUT2D eigenvalue weighted by Crippen LogP contribution is 2.21. The van der Waals surface area contributed by atoms with Crippen LogP contribution >= 0.6 is 0 Å². The molecule has 22 heavy (non-hydrogen) atoms. The van der Waals surface area contributed by atoms with Crippen LogP contribution in [0, 0.1) is 0 Å². The summed E-state index contributed by atoms with van der Waals surface area (Å²) in [7, 11) is 0. The highest BCUT2D eigenvalue weighted by Gasteiger charge is 2.06. The van der Waals surface area contributed by atoms with Crippen molar-refractivity contribution in [3.63, 3.8) is 0 Å². The van der Waals surface area contributed by atoms with Gasteiger partial charge in [0.2, 0.25) is 0 Å². The maximum Gasteiger partial charge on any atom is 0.0701 e. The summed E-state index contributed by atoms with van der Waals surface area (Å²) >= 11 is 0. The predicted octanol–water partition coefficient (Wildman–Crippen LogP) is 5.55. The fraction of sp³-hybridized carbons (Fsp3) is 0.0476. The van der Waals surface area contributed by atoms with Crippen molar-refractivity contribution in [2.24, 2.45) is 0 Å². The van der Waals surface area contributed by atoms with Gasteiger partial charge in [-0.25, -0.2) is 0 Å². The Labute approximate surface area is 132 Å². The van der Waals surface area contributed by atoms with Gasteiger partial charge in [-0.05, 0) is 23.3 Å². The van der Waals surface area contributed by atoms with Gasteiger partial charge in [0, 0.05) is 5.69 Å². The van der Waals surface area contributed by atoms with Crippen LogP contribution in [0.5, 0.6) is 0 Å². The Balaban J connectivity index is 1.85. The van der Waals surface area contributed by atoms with E-state index in [2.05, 4.69) is 78.1 Å². The summed E-state index contributed by atoms with van der Waals surface area (Å²) < 4.78 is 0. The van der Waals surface area contributed by atoms with E-state index in [4.69, 9.17) is 0 Å². The van der Waals surface area contributed by atoms with Crippen molar-refractivity contribution in [1.82, 2.24) is 0 Å². The molecule has 0 bridgehead atoms. The van der Waals surface area contributed by atoms with E-state index in [-0.39, 0.29) is 6.04 Å². The minimum absolute atomic E-state index is 0.142. The van der Waals surface area contributed by atoms with Crippen molar-refractivity contribution in [1.29, 1.82) is 0 Å². The number of anilines is 1. The predicted molar refractivity (Wildman–Crippen MR) is 94.7 cm³/mol. The fourth-order valence-electron chi connectivity index (χ4n) is 2.39. The molecule has 1 heteroatoms. The second-order valence-electron chi connectivity index (χ2n) is 5.17. The molecule has 0 unspecified atom stereocenters. The van der Waals surface area contributed by atoms with E-state index in [0.717, 1.165) is 5.69 Å². The van der Waals surface area contributed by atoms with Crippen molar-refractivity contribution in [3.8, 4) is 0 Å². The first-order valence-electron chi connectivity index (χ1n) is 7.51. The van der Waals surface area contributed by atoms with Crippen LogP contribution in [0.15, 0.2) is 97.1 Å². The largest absolute Gasteiger partial charge is 0.375 e. The highest BCUT2D eigenvalue weighted by atomic mass is 14.9. The van der Waals surface area contributed by atoms with Gasteiger partial charge in [-0.3, -0.25) is 0 Å². The SMILES string of the molecule is C(=C\[C@H](Nc1ccccc1)c1ccccc1)/c1ccccc1. The zero-order chi connectivity index (χ0) is 15.0. The summed E-state index contributed by atoms with van der Waals surface area (Å²) in [5, 5.41) is 3.58. The van der Waals surface area contributed by atoms with Gasteiger partial charge in [-0.1, -0.05) is 91.0 Å². The van der Waals surface area contributed by atoms with Crippen molar-refractivity contribution in [2.45, 2.75) is 6.04 Å². The first-order chi connectivity index (χ1) is 10.9. The third-order valence-corrected chi connectivity index (χ3v) is 3.54. The minimum Gasteiger partial charge on any atom is -0.375 e. The Morgan fingerprint density at radius 2 is 1.18 bits per heavy atom. The lowest BCUT2D eigenvalue weighted by Crippen LogP contribution is -2.07. The molecular weight excluding hydrogens is 266 g/mol. The second-order valence-corrected chi connectivity index (χ2v) is 5.17. The van der Waals surface area contributed by atoms with Crippen LogP contribution in [0.2, 0.25) is 0 Å². The summed E-state index contributed by atoms with van der Waals surface area (Å²) in [5.74, 6) is 0. The van der Waals surface area contributed by atoms with Crippen LogP contribution in [-0.2, 0) is 0 Å². The van der Waals surface area contributed by atoms with E-state index >= 15 is 0 Å². The van der Waals surface area contributed by atoms with Gasteiger partial charge in [-0.2, -0.15) is 0 Å². The van der Waals surface area contributed by atoms with Crippen molar-refractivity contribution < 1.29 is 0 Å². The molecule has 3 aromatic rings. The zero-order valence-electron chi connectivity index (χ0n) is 12.4. The van der Waals surface area contributed by atoms with Crippen LogP contribution < -0.4 is 5.32 Å². The minimum atomic E-state index is 0.142. The van der Waals surface area contributed by atoms with Gasteiger partial charge in [0.25, 0.3) is 0 Å². The van der Waals surface area contributed by atoms with Crippen LogP contribution in [-0.4, -0.2) is 0 Å². The molecule has 0 saturated heterocycles. The molecule has 0 amide bonds. The molecule has 0 aliphatic rings. The molecule has 0 heterocycles. The van der Waals surface area contributed by atoms with E-state index in [0.29, 0.717) is 0 Å². The molecule has 3 rings (SSSR count). The monoisotopic (exact) mass is 285 g/mol. The van der Waals surface area contributed by atoms with E-state index in [9.17, 15) is 0 Å². The summed E-state index contributed by atoms with van der Waals surface area (Å²) in [6.45, 7) is 0. The number of hydrogen-bond donors (Lipinski definition) is 1.